The van der Waals surface area contributed by atoms with Gasteiger partial charge in [-0.2, -0.15) is 18.3 Å². The number of pyridine rings is 1. The van der Waals surface area contributed by atoms with E-state index < -0.39 is 11.7 Å². The number of hydrogen-bond acceptors (Lipinski definition) is 5. The molecule has 128 valence electrons. The fraction of sp³-hybridized carbons (Fsp3) is 0.200. The molecule has 0 saturated heterocycles. The maximum absolute atomic E-state index is 12.4. The van der Waals surface area contributed by atoms with E-state index in [4.69, 9.17) is 21.1 Å². The molecule has 0 amide bonds. The first-order valence-electron chi connectivity index (χ1n) is 6.59. The number of nitrogens with zero attached hydrogens (tertiary/aromatic N) is 2. The molecule has 0 spiro atoms. The second-order valence-corrected chi connectivity index (χ2v) is 4.94. The van der Waals surface area contributed by atoms with Crippen molar-refractivity contribution in [2.45, 2.75) is 6.18 Å². The van der Waals surface area contributed by atoms with E-state index in [2.05, 4.69) is 15.5 Å². The molecule has 24 heavy (non-hydrogen) atoms. The Hall–Kier alpha value is -2.48. The highest BCUT2D eigenvalue weighted by atomic mass is 35.5. The van der Waals surface area contributed by atoms with Crippen molar-refractivity contribution >= 4 is 23.6 Å². The summed E-state index contributed by atoms with van der Waals surface area (Å²) in [6, 6.07) is 5.27. The number of anilines is 1. The van der Waals surface area contributed by atoms with Crippen LogP contribution in [0, 0.1) is 0 Å². The Morgan fingerprint density at radius 3 is 2.38 bits per heavy atom. The minimum absolute atomic E-state index is 0.163. The molecule has 1 heterocycles. The molecule has 0 saturated carbocycles. The van der Waals surface area contributed by atoms with Crippen molar-refractivity contribution in [3.8, 4) is 11.5 Å². The summed E-state index contributed by atoms with van der Waals surface area (Å²) in [7, 11) is 2.97. The summed E-state index contributed by atoms with van der Waals surface area (Å²) >= 11 is 6.09. The van der Waals surface area contributed by atoms with Crippen molar-refractivity contribution in [1.82, 2.24) is 4.98 Å². The molecule has 1 aromatic heterocycles. The van der Waals surface area contributed by atoms with Crippen LogP contribution >= 0.6 is 11.6 Å². The number of aromatic nitrogens is 1. The van der Waals surface area contributed by atoms with E-state index in [1.54, 1.807) is 12.1 Å². The topological polar surface area (TPSA) is 55.7 Å². The standard InChI is InChI=1S/C15H13ClF3N3O2/c1-23-12-5-9(11(16)6-13(12)24-2)7-21-22-14-4-3-10(8-20-14)15(17,18)19/h3-8H,1-2H3,(H,20,22)/b21-7-. The van der Waals surface area contributed by atoms with Gasteiger partial charge in [0.2, 0.25) is 0 Å². The molecule has 0 aliphatic rings. The molecule has 2 aromatic rings. The molecule has 0 aliphatic carbocycles. The van der Waals surface area contributed by atoms with Crippen molar-refractivity contribution in [2.24, 2.45) is 5.10 Å². The zero-order valence-corrected chi connectivity index (χ0v) is 13.4. The minimum atomic E-state index is -4.43. The van der Waals surface area contributed by atoms with Crippen LogP contribution in [0.5, 0.6) is 11.5 Å². The fourth-order valence-electron chi connectivity index (χ4n) is 1.76. The predicted octanol–water partition coefficient (Wildman–Crippen LogP) is 4.22. The SMILES string of the molecule is COc1cc(Cl)c(/C=N\Nc2ccc(C(F)(F)F)cn2)cc1OC. The molecule has 0 atom stereocenters. The molecule has 1 aromatic carbocycles. The lowest BCUT2D eigenvalue weighted by Gasteiger charge is -2.09. The van der Waals surface area contributed by atoms with Crippen molar-refractivity contribution in [3.63, 3.8) is 0 Å². The van der Waals surface area contributed by atoms with Crippen molar-refractivity contribution in [3.05, 3.63) is 46.6 Å². The first-order valence-corrected chi connectivity index (χ1v) is 6.96. The Kier molecular flexibility index (Phi) is 5.50. The van der Waals surface area contributed by atoms with Crippen LogP contribution in [0.3, 0.4) is 0 Å². The number of alkyl halides is 3. The average Bonchev–Trinajstić information content (AvgIpc) is 2.55. The van der Waals surface area contributed by atoms with Crippen LogP contribution in [0.15, 0.2) is 35.6 Å². The van der Waals surface area contributed by atoms with Crippen LogP contribution in [0.2, 0.25) is 5.02 Å². The van der Waals surface area contributed by atoms with E-state index in [1.807, 2.05) is 0 Å². The third kappa shape index (κ3) is 4.29. The van der Waals surface area contributed by atoms with Gasteiger partial charge >= 0.3 is 6.18 Å². The maximum atomic E-state index is 12.4. The molecule has 0 fully saturated rings. The molecule has 0 bridgehead atoms. The number of halogens is 4. The van der Waals surface area contributed by atoms with Gasteiger partial charge in [0.05, 0.1) is 31.0 Å². The summed E-state index contributed by atoms with van der Waals surface area (Å²) in [6.45, 7) is 0. The largest absolute Gasteiger partial charge is 0.493 e. The Labute approximate surface area is 141 Å². The number of nitrogens with one attached hydrogen (secondary N) is 1. The predicted molar refractivity (Wildman–Crippen MR) is 85.0 cm³/mol. The quantitative estimate of drug-likeness (QED) is 0.641. The van der Waals surface area contributed by atoms with Crippen LogP contribution in [0.25, 0.3) is 0 Å². The van der Waals surface area contributed by atoms with Gasteiger partial charge in [-0.25, -0.2) is 4.98 Å². The lowest BCUT2D eigenvalue weighted by molar-refractivity contribution is -0.137. The van der Waals surface area contributed by atoms with Crippen molar-refractivity contribution < 1.29 is 22.6 Å². The summed E-state index contributed by atoms with van der Waals surface area (Å²) in [4.78, 5) is 3.64. The first-order chi connectivity index (χ1) is 11.3. The number of methoxy groups -OCH3 is 2. The molecule has 0 radical (unpaired) electrons. The van der Waals surface area contributed by atoms with E-state index in [9.17, 15) is 13.2 Å². The average molecular weight is 360 g/mol. The molecule has 9 heteroatoms. The van der Waals surface area contributed by atoms with Gasteiger partial charge in [0.1, 0.15) is 5.82 Å². The number of hydrazone groups is 1. The highest BCUT2D eigenvalue weighted by Gasteiger charge is 2.30. The van der Waals surface area contributed by atoms with Gasteiger partial charge in [-0.3, -0.25) is 5.43 Å². The summed E-state index contributed by atoms with van der Waals surface area (Å²) in [5.41, 5.74) is 2.23. The van der Waals surface area contributed by atoms with Gasteiger partial charge in [-0.1, -0.05) is 11.6 Å². The number of benzene rings is 1. The molecule has 5 nitrogen and oxygen atoms in total. The van der Waals surface area contributed by atoms with Crippen LogP contribution in [0.4, 0.5) is 19.0 Å². The summed E-state index contributed by atoms with van der Waals surface area (Å²) in [5.74, 6) is 1.10. The summed E-state index contributed by atoms with van der Waals surface area (Å²) < 4.78 is 47.6. The Morgan fingerprint density at radius 1 is 1.17 bits per heavy atom. The van der Waals surface area contributed by atoms with Crippen LogP contribution in [-0.4, -0.2) is 25.4 Å². The number of hydrogen-bond donors (Lipinski definition) is 1. The van der Waals surface area contributed by atoms with Crippen molar-refractivity contribution in [2.75, 3.05) is 19.6 Å². The molecule has 2 rings (SSSR count). The monoisotopic (exact) mass is 359 g/mol. The van der Waals surface area contributed by atoms with E-state index in [0.29, 0.717) is 22.1 Å². The van der Waals surface area contributed by atoms with Crippen molar-refractivity contribution in [1.29, 1.82) is 0 Å². The first kappa shape index (κ1) is 17.9. The summed E-state index contributed by atoms with van der Waals surface area (Å²) in [5, 5.41) is 4.27. The fourth-order valence-corrected chi connectivity index (χ4v) is 1.97. The highest BCUT2D eigenvalue weighted by Crippen LogP contribution is 2.32. The van der Waals surface area contributed by atoms with Gasteiger partial charge in [0.15, 0.2) is 11.5 Å². The molecule has 0 aliphatic heterocycles. The minimum Gasteiger partial charge on any atom is -0.493 e. The number of rotatable bonds is 5. The Bertz CT molecular complexity index is 734. The Morgan fingerprint density at radius 2 is 1.83 bits per heavy atom. The molecule has 0 unspecified atom stereocenters. The molecular weight excluding hydrogens is 347 g/mol. The zero-order valence-electron chi connectivity index (χ0n) is 12.7. The smallest absolute Gasteiger partial charge is 0.417 e. The van der Waals surface area contributed by atoms with Crippen LogP contribution < -0.4 is 14.9 Å². The second-order valence-electron chi connectivity index (χ2n) is 4.53. The zero-order chi connectivity index (χ0) is 17.7. The number of ether oxygens (including phenoxy) is 2. The third-order valence-corrected chi connectivity index (χ3v) is 3.30. The second kappa shape index (κ2) is 7.39. The van der Waals surface area contributed by atoms with E-state index in [0.717, 1.165) is 12.3 Å². The van der Waals surface area contributed by atoms with E-state index in [-0.39, 0.29) is 5.82 Å². The van der Waals surface area contributed by atoms with Gasteiger partial charge in [0, 0.05) is 17.8 Å². The van der Waals surface area contributed by atoms with Gasteiger partial charge in [0.25, 0.3) is 0 Å². The maximum Gasteiger partial charge on any atom is 0.417 e. The third-order valence-electron chi connectivity index (χ3n) is 2.98. The van der Waals surface area contributed by atoms with Gasteiger partial charge in [-0.15, -0.1) is 0 Å². The highest BCUT2D eigenvalue weighted by molar-refractivity contribution is 6.33. The van der Waals surface area contributed by atoms with E-state index in [1.165, 1.54) is 26.5 Å². The lowest BCUT2D eigenvalue weighted by Crippen LogP contribution is -2.05. The molecular formula is C15H13ClF3N3O2. The van der Waals surface area contributed by atoms with E-state index >= 15 is 0 Å². The van der Waals surface area contributed by atoms with Crippen LogP contribution in [0.1, 0.15) is 11.1 Å². The normalized spacial score (nSPS) is 11.6. The Balaban J connectivity index is 2.12. The lowest BCUT2D eigenvalue weighted by atomic mass is 10.2. The summed E-state index contributed by atoms with van der Waals surface area (Å²) in [6.07, 6.45) is -2.31. The van der Waals surface area contributed by atoms with Gasteiger partial charge < -0.3 is 9.47 Å². The van der Waals surface area contributed by atoms with Gasteiger partial charge in [-0.05, 0) is 18.2 Å². The molecule has 1 N–H and O–H groups in total. The van der Waals surface area contributed by atoms with Crippen LogP contribution in [-0.2, 0) is 6.18 Å².